The Morgan fingerprint density at radius 1 is 1.00 bits per heavy atom. The van der Waals surface area contributed by atoms with Gasteiger partial charge in [-0.25, -0.2) is 0 Å². The van der Waals surface area contributed by atoms with Crippen LogP contribution in [0.2, 0.25) is 5.02 Å². The van der Waals surface area contributed by atoms with Gasteiger partial charge in [0, 0.05) is 11.1 Å². The molecule has 0 N–H and O–H groups in total. The number of benzene rings is 2. The molecule has 0 fully saturated rings. The zero-order valence-electron chi connectivity index (χ0n) is 8.91. The van der Waals surface area contributed by atoms with Crippen LogP contribution in [0.4, 0.5) is 0 Å². The normalized spacial score (nSPS) is 10.1. The van der Waals surface area contributed by atoms with Gasteiger partial charge < -0.3 is 0 Å². The Bertz CT molecular complexity index is 497. The first kappa shape index (κ1) is 10.9. The molecule has 2 rings (SSSR count). The Morgan fingerprint density at radius 3 is 2.31 bits per heavy atom. The maximum absolute atomic E-state index is 12.2. The molecule has 0 atom stereocenters. The second kappa shape index (κ2) is 4.50. The molecule has 0 spiro atoms. The molecular formula is C14H11ClO. The van der Waals surface area contributed by atoms with Crippen LogP contribution in [0.1, 0.15) is 21.5 Å². The molecular weight excluding hydrogens is 220 g/mol. The van der Waals surface area contributed by atoms with Gasteiger partial charge in [0.2, 0.25) is 0 Å². The molecule has 2 heteroatoms. The van der Waals surface area contributed by atoms with Gasteiger partial charge in [0.25, 0.3) is 0 Å². The lowest BCUT2D eigenvalue weighted by molar-refractivity contribution is 0.103. The average molecular weight is 231 g/mol. The van der Waals surface area contributed by atoms with Crippen molar-refractivity contribution in [1.82, 2.24) is 0 Å². The molecule has 0 unspecified atom stereocenters. The number of rotatable bonds is 2. The number of aryl methyl sites for hydroxylation is 1. The maximum Gasteiger partial charge on any atom is 0.194 e. The van der Waals surface area contributed by atoms with E-state index in [1.807, 2.05) is 37.3 Å². The Kier molecular flexibility index (Phi) is 3.07. The van der Waals surface area contributed by atoms with E-state index in [4.69, 9.17) is 11.6 Å². The summed E-state index contributed by atoms with van der Waals surface area (Å²) >= 11 is 6.05. The molecule has 1 nitrogen and oxygen atoms in total. The van der Waals surface area contributed by atoms with Crippen LogP contribution in [-0.2, 0) is 0 Å². The van der Waals surface area contributed by atoms with Gasteiger partial charge in [-0.05, 0) is 18.6 Å². The van der Waals surface area contributed by atoms with Gasteiger partial charge in [0.1, 0.15) is 0 Å². The highest BCUT2D eigenvalue weighted by atomic mass is 35.5. The third-order valence-corrected chi connectivity index (χ3v) is 2.80. The van der Waals surface area contributed by atoms with Crippen LogP contribution >= 0.6 is 11.6 Å². The van der Waals surface area contributed by atoms with Crippen LogP contribution in [0.25, 0.3) is 0 Å². The van der Waals surface area contributed by atoms with Crippen molar-refractivity contribution in [3.8, 4) is 0 Å². The van der Waals surface area contributed by atoms with Gasteiger partial charge in [-0.3, -0.25) is 4.79 Å². The van der Waals surface area contributed by atoms with Crippen molar-refractivity contribution in [3.05, 3.63) is 70.2 Å². The van der Waals surface area contributed by atoms with Crippen molar-refractivity contribution in [1.29, 1.82) is 0 Å². The molecule has 0 aromatic heterocycles. The van der Waals surface area contributed by atoms with E-state index in [0.717, 1.165) is 5.56 Å². The molecule has 0 saturated carbocycles. The minimum Gasteiger partial charge on any atom is -0.289 e. The van der Waals surface area contributed by atoms with E-state index in [9.17, 15) is 4.79 Å². The number of ketones is 1. The second-order valence-corrected chi connectivity index (χ2v) is 4.03. The highest BCUT2D eigenvalue weighted by Gasteiger charge is 2.14. The lowest BCUT2D eigenvalue weighted by atomic mass is 9.99. The van der Waals surface area contributed by atoms with E-state index in [1.54, 1.807) is 18.2 Å². The Labute approximate surface area is 99.7 Å². The van der Waals surface area contributed by atoms with Gasteiger partial charge in [-0.15, -0.1) is 0 Å². The minimum atomic E-state index is -0.0244. The van der Waals surface area contributed by atoms with Gasteiger partial charge in [0.15, 0.2) is 5.78 Å². The fourth-order valence-corrected chi connectivity index (χ4v) is 1.96. The van der Waals surface area contributed by atoms with Gasteiger partial charge >= 0.3 is 0 Å². The standard InChI is InChI=1S/C14H11ClO/c1-10-6-5-9-12(15)13(10)14(16)11-7-3-2-4-8-11/h2-9H,1H3. The van der Waals surface area contributed by atoms with Crippen molar-refractivity contribution < 1.29 is 4.79 Å². The van der Waals surface area contributed by atoms with E-state index in [1.165, 1.54) is 0 Å². The Balaban J connectivity index is 2.50. The van der Waals surface area contributed by atoms with Crippen molar-refractivity contribution in [2.24, 2.45) is 0 Å². The fraction of sp³-hybridized carbons (Fsp3) is 0.0714. The zero-order valence-corrected chi connectivity index (χ0v) is 9.66. The molecule has 0 amide bonds. The summed E-state index contributed by atoms with van der Waals surface area (Å²) in [5.74, 6) is -0.0244. The number of carbonyl (C=O) groups excluding carboxylic acids is 1. The van der Waals surface area contributed by atoms with Crippen molar-refractivity contribution in [2.75, 3.05) is 0 Å². The first-order valence-corrected chi connectivity index (χ1v) is 5.43. The van der Waals surface area contributed by atoms with Gasteiger partial charge in [-0.2, -0.15) is 0 Å². The summed E-state index contributed by atoms with van der Waals surface area (Å²) in [6.45, 7) is 1.89. The van der Waals surface area contributed by atoms with E-state index in [2.05, 4.69) is 0 Å². The van der Waals surface area contributed by atoms with Crippen LogP contribution in [0.3, 0.4) is 0 Å². The van der Waals surface area contributed by atoms with Crippen LogP contribution in [0.5, 0.6) is 0 Å². The third-order valence-electron chi connectivity index (χ3n) is 2.48. The monoisotopic (exact) mass is 230 g/mol. The summed E-state index contributed by atoms with van der Waals surface area (Å²) in [5.41, 5.74) is 2.16. The smallest absolute Gasteiger partial charge is 0.194 e. The lowest BCUT2D eigenvalue weighted by Gasteiger charge is -2.06. The highest BCUT2D eigenvalue weighted by molar-refractivity contribution is 6.35. The zero-order chi connectivity index (χ0) is 11.5. The lowest BCUT2D eigenvalue weighted by Crippen LogP contribution is -2.04. The molecule has 0 aliphatic rings. The molecule has 80 valence electrons. The summed E-state index contributed by atoms with van der Waals surface area (Å²) in [6.07, 6.45) is 0. The SMILES string of the molecule is Cc1cccc(Cl)c1C(=O)c1ccccc1. The van der Waals surface area contributed by atoms with Crippen LogP contribution in [0.15, 0.2) is 48.5 Å². The molecule has 0 aliphatic heterocycles. The third kappa shape index (κ3) is 2.00. The number of hydrogen-bond donors (Lipinski definition) is 0. The maximum atomic E-state index is 12.2. The minimum absolute atomic E-state index is 0.0244. The fourth-order valence-electron chi connectivity index (χ4n) is 1.65. The molecule has 0 radical (unpaired) electrons. The first-order valence-electron chi connectivity index (χ1n) is 5.05. The predicted octanol–water partition coefficient (Wildman–Crippen LogP) is 3.88. The molecule has 2 aromatic carbocycles. The molecule has 0 saturated heterocycles. The average Bonchev–Trinajstić information content (AvgIpc) is 2.30. The summed E-state index contributed by atoms with van der Waals surface area (Å²) in [5, 5.41) is 0.508. The van der Waals surface area contributed by atoms with Crippen molar-refractivity contribution >= 4 is 17.4 Å². The number of carbonyl (C=O) groups is 1. The number of hydrogen-bond acceptors (Lipinski definition) is 1. The summed E-state index contributed by atoms with van der Waals surface area (Å²) in [7, 11) is 0. The molecule has 2 aromatic rings. The largest absolute Gasteiger partial charge is 0.289 e. The second-order valence-electron chi connectivity index (χ2n) is 3.63. The predicted molar refractivity (Wildman–Crippen MR) is 66.1 cm³/mol. The summed E-state index contributed by atoms with van der Waals surface area (Å²) in [4.78, 5) is 12.2. The van der Waals surface area contributed by atoms with E-state index >= 15 is 0 Å². The molecule has 0 heterocycles. The Morgan fingerprint density at radius 2 is 1.69 bits per heavy atom. The van der Waals surface area contributed by atoms with Gasteiger partial charge in [0.05, 0.1) is 5.02 Å². The van der Waals surface area contributed by atoms with Gasteiger partial charge in [-0.1, -0.05) is 54.1 Å². The summed E-state index contributed by atoms with van der Waals surface area (Å²) in [6, 6.07) is 14.7. The molecule has 16 heavy (non-hydrogen) atoms. The van der Waals surface area contributed by atoms with Crippen molar-refractivity contribution in [2.45, 2.75) is 6.92 Å². The molecule has 0 bridgehead atoms. The Hall–Kier alpha value is -1.60. The quantitative estimate of drug-likeness (QED) is 0.716. The first-order chi connectivity index (χ1) is 7.70. The van der Waals surface area contributed by atoms with E-state index < -0.39 is 0 Å². The van der Waals surface area contributed by atoms with E-state index in [0.29, 0.717) is 16.1 Å². The van der Waals surface area contributed by atoms with Crippen molar-refractivity contribution in [3.63, 3.8) is 0 Å². The van der Waals surface area contributed by atoms with Crippen LogP contribution in [0, 0.1) is 6.92 Å². The number of halogens is 1. The van der Waals surface area contributed by atoms with Crippen LogP contribution in [-0.4, -0.2) is 5.78 Å². The summed E-state index contributed by atoms with van der Waals surface area (Å²) < 4.78 is 0. The van der Waals surface area contributed by atoms with Crippen LogP contribution < -0.4 is 0 Å². The molecule has 0 aliphatic carbocycles. The highest BCUT2D eigenvalue weighted by Crippen LogP contribution is 2.22. The van der Waals surface area contributed by atoms with E-state index in [-0.39, 0.29) is 5.78 Å². The topological polar surface area (TPSA) is 17.1 Å².